The second-order valence-corrected chi connectivity index (χ2v) is 8.93. The first kappa shape index (κ1) is 25.2. The SMILES string of the molecule is CC[C@H](C(=O)N[C@@H](C)CC)N(Cc1ccc(F)cc1)C(=O)CSCc1ccc(Cl)cc1. The molecule has 0 heterocycles. The van der Waals surface area contributed by atoms with Crippen molar-refractivity contribution < 1.29 is 14.0 Å². The van der Waals surface area contributed by atoms with E-state index in [0.29, 0.717) is 17.2 Å². The van der Waals surface area contributed by atoms with Crippen molar-refractivity contribution in [2.45, 2.75) is 58.0 Å². The molecule has 31 heavy (non-hydrogen) atoms. The van der Waals surface area contributed by atoms with Crippen LogP contribution in [0, 0.1) is 5.82 Å². The lowest BCUT2D eigenvalue weighted by Gasteiger charge is -2.31. The lowest BCUT2D eigenvalue weighted by Crippen LogP contribution is -2.51. The highest BCUT2D eigenvalue weighted by Crippen LogP contribution is 2.19. The lowest BCUT2D eigenvalue weighted by atomic mass is 10.1. The number of hydrogen-bond donors (Lipinski definition) is 1. The fraction of sp³-hybridized carbons (Fsp3) is 0.417. The number of hydrogen-bond acceptors (Lipinski definition) is 3. The van der Waals surface area contributed by atoms with Crippen molar-refractivity contribution >= 4 is 35.2 Å². The molecule has 0 unspecified atom stereocenters. The van der Waals surface area contributed by atoms with Gasteiger partial charge in [-0.2, -0.15) is 0 Å². The molecule has 0 fully saturated rings. The van der Waals surface area contributed by atoms with Crippen molar-refractivity contribution in [3.05, 3.63) is 70.5 Å². The summed E-state index contributed by atoms with van der Waals surface area (Å²) in [7, 11) is 0. The van der Waals surface area contributed by atoms with E-state index in [-0.39, 0.29) is 36.0 Å². The van der Waals surface area contributed by atoms with E-state index in [2.05, 4.69) is 5.32 Å². The maximum absolute atomic E-state index is 13.3. The second kappa shape index (κ2) is 12.7. The van der Waals surface area contributed by atoms with Crippen molar-refractivity contribution in [1.82, 2.24) is 10.2 Å². The average molecular weight is 465 g/mol. The molecule has 0 aromatic heterocycles. The van der Waals surface area contributed by atoms with Crippen LogP contribution >= 0.6 is 23.4 Å². The molecule has 2 rings (SSSR count). The van der Waals surface area contributed by atoms with Gasteiger partial charge in [0.15, 0.2) is 0 Å². The maximum Gasteiger partial charge on any atom is 0.243 e. The van der Waals surface area contributed by atoms with Crippen LogP contribution in [0.5, 0.6) is 0 Å². The molecular weight excluding hydrogens is 435 g/mol. The summed E-state index contributed by atoms with van der Waals surface area (Å²) in [6.45, 7) is 6.10. The Morgan fingerprint density at radius 2 is 1.65 bits per heavy atom. The zero-order valence-corrected chi connectivity index (χ0v) is 19.8. The molecule has 0 spiro atoms. The molecule has 2 aromatic rings. The largest absolute Gasteiger partial charge is 0.352 e. The second-order valence-electron chi connectivity index (χ2n) is 7.51. The molecule has 0 bridgehead atoms. The highest BCUT2D eigenvalue weighted by molar-refractivity contribution is 7.99. The summed E-state index contributed by atoms with van der Waals surface area (Å²) >= 11 is 7.42. The van der Waals surface area contributed by atoms with E-state index in [1.165, 1.54) is 23.9 Å². The Morgan fingerprint density at radius 3 is 2.23 bits per heavy atom. The van der Waals surface area contributed by atoms with E-state index in [0.717, 1.165) is 17.5 Å². The van der Waals surface area contributed by atoms with Crippen molar-refractivity contribution in [2.24, 2.45) is 0 Å². The highest BCUT2D eigenvalue weighted by Gasteiger charge is 2.29. The van der Waals surface area contributed by atoms with E-state index < -0.39 is 6.04 Å². The van der Waals surface area contributed by atoms with Crippen LogP contribution < -0.4 is 5.32 Å². The van der Waals surface area contributed by atoms with Gasteiger partial charge in [0.25, 0.3) is 0 Å². The van der Waals surface area contributed by atoms with Gasteiger partial charge in [-0.3, -0.25) is 9.59 Å². The predicted molar refractivity (Wildman–Crippen MR) is 127 cm³/mol. The number of nitrogens with zero attached hydrogens (tertiary/aromatic N) is 1. The third-order valence-corrected chi connectivity index (χ3v) is 6.30. The standard InChI is InChI=1S/C24H30ClFN2O2S/c1-4-17(3)27-24(30)22(5-2)28(14-18-8-12-21(26)13-9-18)23(29)16-31-15-19-6-10-20(25)11-7-19/h6-13,17,22H,4-5,14-16H2,1-3H3,(H,27,30)/t17-,22+/m0/s1. The molecular formula is C24H30ClFN2O2S. The highest BCUT2D eigenvalue weighted by atomic mass is 35.5. The molecule has 0 aliphatic heterocycles. The molecule has 1 N–H and O–H groups in total. The van der Waals surface area contributed by atoms with Gasteiger partial charge in [0.1, 0.15) is 11.9 Å². The summed E-state index contributed by atoms with van der Waals surface area (Å²) in [5.41, 5.74) is 1.86. The maximum atomic E-state index is 13.3. The van der Waals surface area contributed by atoms with Crippen LogP contribution in [0.1, 0.15) is 44.7 Å². The van der Waals surface area contributed by atoms with E-state index in [1.807, 2.05) is 45.0 Å². The Hall–Kier alpha value is -2.05. The van der Waals surface area contributed by atoms with Crippen molar-refractivity contribution in [3.8, 4) is 0 Å². The van der Waals surface area contributed by atoms with Gasteiger partial charge < -0.3 is 10.2 Å². The number of thioether (sulfide) groups is 1. The molecule has 2 aromatic carbocycles. The summed E-state index contributed by atoms with van der Waals surface area (Å²) in [6, 6.07) is 13.0. The summed E-state index contributed by atoms with van der Waals surface area (Å²) < 4.78 is 13.3. The number of amides is 2. The minimum atomic E-state index is -0.581. The molecule has 0 radical (unpaired) electrons. The molecule has 0 saturated heterocycles. The Morgan fingerprint density at radius 1 is 1.03 bits per heavy atom. The zero-order valence-electron chi connectivity index (χ0n) is 18.2. The van der Waals surface area contributed by atoms with Crippen LogP contribution in [0.3, 0.4) is 0 Å². The summed E-state index contributed by atoms with van der Waals surface area (Å²) in [5, 5.41) is 3.66. The van der Waals surface area contributed by atoms with Crippen LogP contribution in [0.2, 0.25) is 5.02 Å². The Kier molecular flexibility index (Phi) is 10.3. The van der Waals surface area contributed by atoms with E-state index in [1.54, 1.807) is 17.0 Å². The number of rotatable bonds is 11. The fourth-order valence-electron chi connectivity index (χ4n) is 3.07. The lowest BCUT2D eigenvalue weighted by molar-refractivity contribution is -0.139. The third-order valence-electron chi connectivity index (χ3n) is 5.06. The Bertz CT molecular complexity index is 846. The topological polar surface area (TPSA) is 49.4 Å². The first-order valence-corrected chi connectivity index (χ1v) is 12.0. The molecule has 7 heteroatoms. The van der Waals surface area contributed by atoms with Gasteiger partial charge in [0.2, 0.25) is 11.8 Å². The number of carbonyl (C=O) groups excluding carboxylic acids is 2. The van der Waals surface area contributed by atoms with Crippen molar-refractivity contribution in [1.29, 1.82) is 0 Å². The van der Waals surface area contributed by atoms with Crippen LogP contribution in [-0.2, 0) is 21.9 Å². The average Bonchev–Trinajstić information content (AvgIpc) is 2.76. The van der Waals surface area contributed by atoms with Gasteiger partial charge in [-0.05, 0) is 55.2 Å². The quantitative estimate of drug-likeness (QED) is 0.482. The molecule has 0 aliphatic carbocycles. The minimum absolute atomic E-state index is 0.0311. The van der Waals surface area contributed by atoms with Crippen molar-refractivity contribution in [2.75, 3.05) is 5.75 Å². The van der Waals surface area contributed by atoms with Crippen molar-refractivity contribution in [3.63, 3.8) is 0 Å². The molecule has 168 valence electrons. The van der Waals surface area contributed by atoms with E-state index >= 15 is 0 Å². The predicted octanol–water partition coefficient (Wildman–Crippen LogP) is 5.43. The van der Waals surface area contributed by atoms with Crippen LogP contribution in [0.25, 0.3) is 0 Å². The first-order chi connectivity index (χ1) is 14.8. The molecule has 0 aliphatic rings. The number of benzene rings is 2. The number of halogens is 2. The van der Waals surface area contributed by atoms with E-state index in [4.69, 9.17) is 11.6 Å². The van der Waals surface area contributed by atoms with Gasteiger partial charge in [-0.15, -0.1) is 11.8 Å². The molecule has 4 nitrogen and oxygen atoms in total. The summed E-state index contributed by atoms with van der Waals surface area (Å²) in [4.78, 5) is 27.6. The fourth-order valence-corrected chi connectivity index (χ4v) is 4.06. The van der Waals surface area contributed by atoms with Gasteiger partial charge in [-0.25, -0.2) is 4.39 Å². The first-order valence-electron chi connectivity index (χ1n) is 10.5. The van der Waals surface area contributed by atoms with Gasteiger partial charge in [0, 0.05) is 23.4 Å². The molecule has 0 saturated carbocycles. The smallest absolute Gasteiger partial charge is 0.243 e. The minimum Gasteiger partial charge on any atom is -0.352 e. The van der Waals surface area contributed by atoms with Crippen LogP contribution in [0.4, 0.5) is 4.39 Å². The number of carbonyl (C=O) groups is 2. The van der Waals surface area contributed by atoms with Gasteiger partial charge in [0.05, 0.1) is 5.75 Å². The summed E-state index contributed by atoms with van der Waals surface area (Å²) in [5.74, 6) is 0.311. The Balaban J connectivity index is 2.12. The number of nitrogens with one attached hydrogen (secondary N) is 1. The van der Waals surface area contributed by atoms with Crippen LogP contribution in [-0.4, -0.2) is 34.6 Å². The molecule has 2 atom stereocenters. The Labute approximate surface area is 193 Å². The monoisotopic (exact) mass is 464 g/mol. The third kappa shape index (κ3) is 8.19. The van der Waals surface area contributed by atoms with E-state index in [9.17, 15) is 14.0 Å². The van der Waals surface area contributed by atoms with Gasteiger partial charge >= 0.3 is 0 Å². The van der Waals surface area contributed by atoms with Gasteiger partial charge in [-0.1, -0.05) is 49.7 Å². The zero-order chi connectivity index (χ0) is 22.8. The summed E-state index contributed by atoms with van der Waals surface area (Å²) in [6.07, 6.45) is 1.31. The van der Waals surface area contributed by atoms with Crippen LogP contribution in [0.15, 0.2) is 48.5 Å². The molecule has 2 amide bonds. The normalized spacial score (nSPS) is 12.8.